The van der Waals surface area contributed by atoms with Gasteiger partial charge in [-0.2, -0.15) is 0 Å². The summed E-state index contributed by atoms with van der Waals surface area (Å²) in [7, 11) is 4.75. The van der Waals surface area contributed by atoms with Crippen molar-refractivity contribution >= 4 is 23.4 Å². The Balaban J connectivity index is 2.41. The summed E-state index contributed by atoms with van der Waals surface area (Å²) in [5.74, 6) is -0.225. The van der Waals surface area contributed by atoms with Gasteiger partial charge in [-0.1, -0.05) is 6.92 Å². The SMILES string of the molecule is COCC(=O)Nc1ccc2c(c1)OC[C@@H](C)N(C(C)=O)C[C@H](C)[C@H](OC)CN(C)C2=O. The Morgan fingerprint density at radius 3 is 2.55 bits per heavy atom. The van der Waals surface area contributed by atoms with E-state index in [1.807, 2.05) is 13.8 Å². The van der Waals surface area contributed by atoms with E-state index in [4.69, 9.17) is 14.2 Å². The Labute approximate surface area is 183 Å². The van der Waals surface area contributed by atoms with Crippen molar-refractivity contribution in [2.24, 2.45) is 5.92 Å². The van der Waals surface area contributed by atoms with Gasteiger partial charge >= 0.3 is 0 Å². The normalized spacial score (nSPS) is 22.6. The molecule has 0 radical (unpaired) electrons. The van der Waals surface area contributed by atoms with Crippen molar-refractivity contribution in [3.05, 3.63) is 23.8 Å². The fraction of sp³-hybridized carbons (Fsp3) is 0.591. The van der Waals surface area contributed by atoms with E-state index in [1.165, 1.54) is 14.0 Å². The van der Waals surface area contributed by atoms with Gasteiger partial charge in [-0.3, -0.25) is 14.4 Å². The first-order chi connectivity index (χ1) is 14.7. The molecule has 3 atom stereocenters. The molecule has 31 heavy (non-hydrogen) atoms. The number of hydrogen-bond donors (Lipinski definition) is 1. The molecule has 9 heteroatoms. The number of ether oxygens (including phenoxy) is 3. The number of carbonyl (C=O) groups excluding carboxylic acids is 3. The molecule has 0 fully saturated rings. The average Bonchev–Trinajstić information content (AvgIpc) is 2.72. The summed E-state index contributed by atoms with van der Waals surface area (Å²) >= 11 is 0. The molecule has 172 valence electrons. The number of hydrogen-bond acceptors (Lipinski definition) is 6. The number of anilines is 1. The molecule has 1 aromatic carbocycles. The summed E-state index contributed by atoms with van der Waals surface area (Å²) in [4.78, 5) is 40.6. The second-order valence-corrected chi connectivity index (χ2v) is 7.96. The number of rotatable bonds is 4. The van der Waals surface area contributed by atoms with Crippen LogP contribution in [0.2, 0.25) is 0 Å². The van der Waals surface area contributed by atoms with Crippen molar-refractivity contribution in [2.75, 3.05) is 52.9 Å². The van der Waals surface area contributed by atoms with Crippen LogP contribution in [0.5, 0.6) is 5.75 Å². The molecular formula is C22H33N3O6. The standard InChI is InChI=1S/C22H33N3O6/c1-14-10-25(16(3)26)15(2)12-31-19-9-17(23-21(27)13-29-5)7-8-18(19)22(28)24(4)11-20(14)30-6/h7-9,14-15,20H,10-13H2,1-6H3,(H,23,27)/t14-,15+,20+/m0/s1. The lowest BCUT2D eigenvalue weighted by Crippen LogP contribution is -2.48. The Morgan fingerprint density at radius 1 is 1.23 bits per heavy atom. The summed E-state index contributed by atoms with van der Waals surface area (Å²) < 4.78 is 16.5. The molecule has 1 aliphatic rings. The zero-order valence-corrected chi connectivity index (χ0v) is 19.1. The Hall–Kier alpha value is -2.65. The maximum absolute atomic E-state index is 13.1. The van der Waals surface area contributed by atoms with Crippen LogP contribution in [0.3, 0.4) is 0 Å². The smallest absolute Gasteiger partial charge is 0.257 e. The second-order valence-electron chi connectivity index (χ2n) is 7.96. The Bertz CT molecular complexity index is 799. The lowest BCUT2D eigenvalue weighted by molar-refractivity contribution is -0.133. The van der Waals surface area contributed by atoms with Gasteiger partial charge in [0.15, 0.2) is 0 Å². The average molecular weight is 436 g/mol. The third-order valence-corrected chi connectivity index (χ3v) is 5.41. The Kier molecular flexibility index (Phi) is 8.82. The third-order valence-electron chi connectivity index (χ3n) is 5.41. The lowest BCUT2D eigenvalue weighted by Gasteiger charge is -2.35. The maximum atomic E-state index is 13.1. The summed E-state index contributed by atoms with van der Waals surface area (Å²) in [5.41, 5.74) is 0.861. The molecule has 0 spiro atoms. The number of nitrogens with zero attached hydrogens (tertiary/aromatic N) is 2. The van der Waals surface area contributed by atoms with Crippen molar-refractivity contribution in [1.82, 2.24) is 9.80 Å². The lowest BCUT2D eigenvalue weighted by atomic mass is 10.0. The van der Waals surface area contributed by atoms with Crippen LogP contribution in [-0.4, -0.2) is 87.2 Å². The minimum absolute atomic E-state index is 0.0175. The summed E-state index contributed by atoms with van der Waals surface area (Å²) in [6.45, 7) is 6.40. The second kappa shape index (κ2) is 11.1. The molecular weight excluding hydrogens is 402 g/mol. The van der Waals surface area contributed by atoms with Crippen molar-refractivity contribution in [1.29, 1.82) is 0 Å². The predicted molar refractivity (Wildman–Crippen MR) is 116 cm³/mol. The van der Waals surface area contributed by atoms with Crippen molar-refractivity contribution in [3.63, 3.8) is 0 Å². The van der Waals surface area contributed by atoms with Gasteiger partial charge in [0.2, 0.25) is 11.8 Å². The molecule has 1 aromatic rings. The molecule has 1 N–H and O–H groups in total. The van der Waals surface area contributed by atoms with E-state index in [9.17, 15) is 14.4 Å². The van der Waals surface area contributed by atoms with Crippen LogP contribution in [0.1, 0.15) is 31.1 Å². The van der Waals surface area contributed by atoms with E-state index in [2.05, 4.69) is 5.32 Å². The van der Waals surface area contributed by atoms with Gasteiger partial charge in [0, 0.05) is 59.0 Å². The zero-order chi connectivity index (χ0) is 23.1. The van der Waals surface area contributed by atoms with Crippen LogP contribution >= 0.6 is 0 Å². The fourth-order valence-electron chi connectivity index (χ4n) is 3.62. The number of carbonyl (C=O) groups is 3. The van der Waals surface area contributed by atoms with E-state index in [-0.39, 0.29) is 49.0 Å². The van der Waals surface area contributed by atoms with Gasteiger partial charge in [0.1, 0.15) is 19.0 Å². The van der Waals surface area contributed by atoms with Crippen LogP contribution in [0, 0.1) is 5.92 Å². The van der Waals surface area contributed by atoms with Gasteiger partial charge < -0.3 is 29.3 Å². The molecule has 1 heterocycles. The highest BCUT2D eigenvalue weighted by molar-refractivity contribution is 5.98. The van der Waals surface area contributed by atoms with E-state index in [0.29, 0.717) is 30.1 Å². The van der Waals surface area contributed by atoms with Gasteiger partial charge in [-0.15, -0.1) is 0 Å². The highest BCUT2D eigenvalue weighted by Gasteiger charge is 2.29. The first kappa shape index (κ1) is 24.6. The van der Waals surface area contributed by atoms with Crippen molar-refractivity contribution in [3.8, 4) is 5.75 Å². The van der Waals surface area contributed by atoms with Crippen molar-refractivity contribution < 1.29 is 28.6 Å². The van der Waals surface area contributed by atoms with E-state index in [0.717, 1.165) is 0 Å². The summed E-state index contributed by atoms with van der Waals surface area (Å²) in [6.07, 6.45) is -0.237. The number of fused-ring (bicyclic) bond motifs is 1. The topological polar surface area (TPSA) is 97.4 Å². The van der Waals surface area contributed by atoms with Crippen molar-refractivity contribution in [2.45, 2.75) is 32.9 Å². The molecule has 0 saturated heterocycles. The van der Waals surface area contributed by atoms with Crippen LogP contribution in [0.25, 0.3) is 0 Å². The highest BCUT2D eigenvalue weighted by atomic mass is 16.5. The number of benzene rings is 1. The molecule has 0 aliphatic carbocycles. The van der Waals surface area contributed by atoms with E-state index >= 15 is 0 Å². The fourth-order valence-corrected chi connectivity index (χ4v) is 3.62. The van der Waals surface area contributed by atoms with Gasteiger partial charge in [0.25, 0.3) is 5.91 Å². The maximum Gasteiger partial charge on any atom is 0.257 e. The summed E-state index contributed by atoms with van der Waals surface area (Å²) in [5, 5.41) is 2.71. The number of nitrogens with one attached hydrogen (secondary N) is 1. The first-order valence-corrected chi connectivity index (χ1v) is 10.3. The van der Waals surface area contributed by atoms with E-state index in [1.54, 1.807) is 42.2 Å². The molecule has 1 aliphatic heterocycles. The van der Waals surface area contributed by atoms with E-state index < -0.39 is 0 Å². The molecule has 2 rings (SSSR count). The van der Waals surface area contributed by atoms with Crippen LogP contribution < -0.4 is 10.1 Å². The first-order valence-electron chi connectivity index (χ1n) is 10.3. The minimum Gasteiger partial charge on any atom is -0.491 e. The highest BCUT2D eigenvalue weighted by Crippen LogP contribution is 2.26. The molecule has 0 unspecified atom stereocenters. The predicted octanol–water partition coefficient (Wildman–Crippen LogP) is 1.62. The van der Waals surface area contributed by atoms with Gasteiger partial charge in [0.05, 0.1) is 17.7 Å². The van der Waals surface area contributed by atoms with Crippen LogP contribution in [0.4, 0.5) is 5.69 Å². The largest absolute Gasteiger partial charge is 0.491 e. The number of amides is 3. The quantitative estimate of drug-likeness (QED) is 0.772. The molecule has 0 saturated carbocycles. The molecule has 0 aromatic heterocycles. The molecule has 0 bridgehead atoms. The molecule has 3 amide bonds. The Morgan fingerprint density at radius 2 is 1.94 bits per heavy atom. The molecule has 9 nitrogen and oxygen atoms in total. The number of likely N-dealkylation sites (N-methyl/N-ethyl adjacent to an activating group) is 1. The summed E-state index contributed by atoms with van der Waals surface area (Å²) in [6, 6.07) is 4.67. The minimum atomic E-state index is -0.313. The van der Waals surface area contributed by atoms with Crippen LogP contribution in [-0.2, 0) is 19.1 Å². The third kappa shape index (κ3) is 6.41. The number of methoxy groups -OCH3 is 2. The zero-order valence-electron chi connectivity index (χ0n) is 19.1. The van der Waals surface area contributed by atoms with Gasteiger partial charge in [-0.25, -0.2) is 0 Å². The van der Waals surface area contributed by atoms with Crippen LogP contribution in [0.15, 0.2) is 18.2 Å². The monoisotopic (exact) mass is 435 g/mol. The van der Waals surface area contributed by atoms with Gasteiger partial charge in [-0.05, 0) is 19.1 Å².